The fraction of sp³-hybridized carbons (Fsp3) is 0.172. The van der Waals surface area contributed by atoms with E-state index in [0.717, 1.165) is 28.3 Å². The Hall–Kier alpha value is -4.52. The molecule has 1 atom stereocenters. The van der Waals surface area contributed by atoms with Crippen molar-refractivity contribution in [3.8, 4) is 11.4 Å². The molecule has 0 radical (unpaired) electrons. The van der Waals surface area contributed by atoms with Crippen molar-refractivity contribution in [2.24, 2.45) is 0 Å². The molecule has 5 rings (SSSR count). The van der Waals surface area contributed by atoms with Gasteiger partial charge in [-0.15, -0.1) is 0 Å². The second-order valence-electron chi connectivity index (χ2n) is 8.47. The van der Waals surface area contributed by atoms with E-state index in [9.17, 15) is 9.59 Å². The number of methoxy groups -OCH3 is 1. The number of hydrogen-bond acceptors (Lipinski definition) is 4. The standard InChI is InChI=1S/C29H27N3O4/c1-3-36-28(33)21-9-6-10-23(18-21)30-29(34)32-19-22-8-4-5-11-25(22)31-17-7-12-26(31)27(32)20-13-15-24(35-2)16-14-20/h4-18,27H,3,19H2,1-2H3,(H,30,34)/t27-/m1/s1. The third kappa shape index (κ3) is 4.43. The number of rotatable bonds is 5. The third-order valence-corrected chi connectivity index (χ3v) is 6.28. The van der Waals surface area contributed by atoms with Crippen LogP contribution in [0.5, 0.6) is 5.75 Å². The Labute approximate surface area is 209 Å². The van der Waals surface area contributed by atoms with E-state index in [1.54, 1.807) is 38.3 Å². The molecular formula is C29H27N3O4. The number of aromatic nitrogens is 1. The lowest BCUT2D eigenvalue weighted by Gasteiger charge is -2.31. The van der Waals surface area contributed by atoms with Gasteiger partial charge in [-0.1, -0.05) is 36.4 Å². The maximum atomic E-state index is 13.8. The first-order valence-corrected chi connectivity index (χ1v) is 11.8. The molecule has 4 aromatic rings. The van der Waals surface area contributed by atoms with Crippen LogP contribution in [0.3, 0.4) is 0 Å². The Balaban J connectivity index is 1.55. The highest BCUT2D eigenvalue weighted by Crippen LogP contribution is 2.37. The number of carbonyl (C=O) groups excluding carboxylic acids is 2. The van der Waals surface area contributed by atoms with Crippen LogP contribution in [-0.4, -0.2) is 35.2 Å². The second-order valence-corrected chi connectivity index (χ2v) is 8.47. The van der Waals surface area contributed by atoms with Gasteiger partial charge in [-0.25, -0.2) is 9.59 Å². The number of carbonyl (C=O) groups is 2. The van der Waals surface area contributed by atoms with Crippen molar-refractivity contribution in [3.63, 3.8) is 0 Å². The molecule has 3 aromatic carbocycles. The van der Waals surface area contributed by atoms with Crippen molar-refractivity contribution < 1.29 is 19.1 Å². The zero-order valence-corrected chi connectivity index (χ0v) is 20.2. The first-order valence-electron chi connectivity index (χ1n) is 11.8. The van der Waals surface area contributed by atoms with Gasteiger partial charge < -0.3 is 24.3 Å². The van der Waals surface area contributed by atoms with E-state index in [-0.39, 0.29) is 18.7 Å². The lowest BCUT2D eigenvalue weighted by atomic mass is 10.0. The van der Waals surface area contributed by atoms with E-state index in [4.69, 9.17) is 9.47 Å². The van der Waals surface area contributed by atoms with Crippen LogP contribution in [0.15, 0.2) is 91.1 Å². The second kappa shape index (κ2) is 10.00. The van der Waals surface area contributed by atoms with Crippen molar-refractivity contribution in [2.75, 3.05) is 19.0 Å². The minimum atomic E-state index is -0.425. The monoisotopic (exact) mass is 481 g/mol. The molecule has 0 unspecified atom stereocenters. The SMILES string of the molecule is CCOC(=O)c1cccc(NC(=O)N2Cc3ccccc3-n3cccc3[C@H]2c2ccc(OC)cc2)c1. The summed E-state index contributed by atoms with van der Waals surface area (Å²) in [5, 5.41) is 3.00. The number of hydrogen-bond donors (Lipinski definition) is 1. The topological polar surface area (TPSA) is 72.8 Å². The van der Waals surface area contributed by atoms with Crippen LogP contribution in [0, 0.1) is 0 Å². The fourth-order valence-corrected chi connectivity index (χ4v) is 4.61. The van der Waals surface area contributed by atoms with Gasteiger partial charge in [0.25, 0.3) is 0 Å². The van der Waals surface area contributed by atoms with E-state index in [1.165, 1.54) is 0 Å². The number of nitrogens with one attached hydrogen (secondary N) is 1. The smallest absolute Gasteiger partial charge is 0.338 e. The Morgan fingerprint density at radius 3 is 2.56 bits per heavy atom. The summed E-state index contributed by atoms with van der Waals surface area (Å²) in [5.41, 5.74) is 4.90. The van der Waals surface area contributed by atoms with Crippen LogP contribution in [0.1, 0.15) is 40.1 Å². The molecule has 1 N–H and O–H groups in total. The number of esters is 1. The van der Waals surface area contributed by atoms with Crippen LogP contribution in [0.25, 0.3) is 5.69 Å². The van der Waals surface area contributed by atoms with E-state index < -0.39 is 5.97 Å². The van der Waals surface area contributed by atoms with Gasteiger partial charge >= 0.3 is 12.0 Å². The summed E-state index contributed by atoms with van der Waals surface area (Å²) < 4.78 is 12.6. The van der Waals surface area contributed by atoms with E-state index in [0.29, 0.717) is 17.8 Å². The molecule has 7 nitrogen and oxygen atoms in total. The first kappa shape index (κ1) is 23.2. The number of urea groups is 1. The zero-order valence-electron chi connectivity index (χ0n) is 20.2. The summed E-state index contributed by atoms with van der Waals surface area (Å²) in [4.78, 5) is 27.9. The van der Waals surface area contributed by atoms with Crippen LogP contribution in [0.4, 0.5) is 10.5 Å². The van der Waals surface area contributed by atoms with E-state index in [2.05, 4.69) is 16.0 Å². The fourth-order valence-electron chi connectivity index (χ4n) is 4.61. The number of amides is 2. The normalized spacial score (nSPS) is 14.3. The summed E-state index contributed by atoms with van der Waals surface area (Å²) in [6, 6.07) is 26.1. The largest absolute Gasteiger partial charge is 0.497 e. The van der Waals surface area contributed by atoms with Gasteiger partial charge in [0, 0.05) is 17.6 Å². The molecule has 1 aliphatic heterocycles. The highest BCUT2D eigenvalue weighted by atomic mass is 16.5. The van der Waals surface area contributed by atoms with Crippen LogP contribution in [-0.2, 0) is 11.3 Å². The van der Waals surface area contributed by atoms with E-state index in [1.807, 2.05) is 65.7 Å². The Bertz CT molecular complexity index is 1390. The summed E-state index contributed by atoms with van der Waals surface area (Å²) in [5.74, 6) is 0.323. The summed E-state index contributed by atoms with van der Waals surface area (Å²) >= 11 is 0. The maximum absolute atomic E-state index is 13.8. The maximum Gasteiger partial charge on any atom is 0.338 e. The lowest BCUT2D eigenvalue weighted by Crippen LogP contribution is -2.38. The average molecular weight is 482 g/mol. The molecule has 7 heteroatoms. The van der Waals surface area contributed by atoms with E-state index >= 15 is 0 Å². The first-order chi connectivity index (χ1) is 17.6. The Kier molecular flexibility index (Phi) is 6.45. The van der Waals surface area contributed by atoms with Gasteiger partial charge in [0.05, 0.1) is 37.6 Å². The molecule has 1 aromatic heterocycles. The molecule has 182 valence electrons. The number of para-hydroxylation sites is 1. The van der Waals surface area contributed by atoms with Gasteiger partial charge in [-0.2, -0.15) is 0 Å². The van der Waals surface area contributed by atoms with Gasteiger partial charge in [0.2, 0.25) is 0 Å². The molecule has 0 saturated carbocycles. The molecular weight excluding hydrogens is 454 g/mol. The Morgan fingerprint density at radius 1 is 0.972 bits per heavy atom. The number of benzene rings is 3. The molecule has 36 heavy (non-hydrogen) atoms. The zero-order chi connectivity index (χ0) is 25.1. The van der Waals surface area contributed by atoms with Crippen molar-refractivity contribution >= 4 is 17.7 Å². The summed E-state index contributed by atoms with van der Waals surface area (Å²) in [6.07, 6.45) is 2.02. The molecule has 0 spiro atoms. The molecule has 2 amide bonds. The Morgan fingerprint density at radius 2 is 1.78 bits per heavy atom. The molecule has 0 fully saturated rings. The minimum absolute atomic E-state index is 0.277. The van der Waals surface area contributed by atoms with Crippen molar-refractivity contribution in [3.05, 3.63) is 114 Å². The van der Waals surface area contributed by atoms with Gasteiger partial charge in [0.15, 0.2) is 0 Å². The molecule has 0 bridgehead atoms. The summed E-state index contributed by atoms with van der Waals surface area (Å²) in [6.45, 7) is 2.44. The van der Waals surface area contributed by atoms with Crippen LogP contribution in [0.2, 0.25) is 0 Å². The quantitative estimate of drug-likeness (QED) is 0.366. The molecule has 1 aliphatic rings. The predicted octanol–water partition coefficient (Wildman–Crippen LogP) is 5.80. The number of ether oxygens (including phenoxy) is 2. The summed E-state index contributed by atoms with van der Waals surface area (Å²) in [7, 11) is 1.63. The van der Waals surface area contributed by atoms with Gasteiger partial charge in [-0.3, -0.25) is 0 Å². The minimum Gasteiger partial charge on any atom is -0.497 e. The number of nitrogens with zero attached hydrogens (tertiary/aromatic N) is 2. The molecule has 0 aliphatic carbocycles. The highest BCUT2D eigenvalue weighted by Gasteiger charge is 2.33. The van der Waals surface area contributed by atoms with Crippen LogP contribution >= 0.6 is 0 Å². The van der Waals surface area contributed by atoms with Crippen molar-refractivity contribution in [1.82, 2.24) is 9.47 Å². The molecule has 2 heterocycles. The number of anilines is 1. The highest BCUT2D eigenvalue weighted by molar-refractivity contribution is 5.94. The van der Waals surface area contributed by atoms with Gasteiger partial charge in [0.1, 0.15) is 5.75 Å². The van der Waals surface area contributed by atoms with Crippen LogP contribution < -0.4 is 10.1 Å². The number of fused-ring (bicyclic) bond motifs is 3. The average Bonchev–Trinajstić information content (AvgIpc) is 3.33. The van der Waals surface area contributed by atoms with Gasteiger partial charge in [-0.05, 0) is 66.6 Å². The lowest BCUT2D eigenvalue weighted by molar-refractivity contribution is 0.0526. The van der Waals surface area contributed by atoms with Crippen molar-refractivity contribution in [2.45, 2.75) is 19.5 Å². The van der Waals surface area contributed by atoms with Crippen molar-refractivity contribution in [1.29, 1.82) is 0 Å². The third-order valence-electron chi connectivity index (χ3n) is 6.28. The predicted molar refractivity (Wildman–Crippen MR) is 138 cm³/mol. The molecule has 0 saturated heterocycles.